The lowest BCUT2D eigenvalue weighted by molar-refractivity contribution is -0.192. The van der Waals surface area contributed by atoms with Crippen LogP contribution in [0.3, 0.4) is 0 Å². The van der Waals surface area contributed by atoms with Crippen molar-refractivity contribution < 1.29 is 37.3 Å². The molecule has 0 aliphatic carbocycles. The number of hydrogen-bond donors (Lipinski definition) is 2. The third kappa shape index (κ3) is 7.39. The van der Waals surface area contributed by atoms with E-state index in [1.54, 1.807) is 0 Å². The smallest absolute Gasteiger partial charge is 0.475 e. The number of hydrogen-bond acceptors (Lipinski definition) is 5. The number of aromatic nitrogens is 2. The van der Waals surface area contributed by atoms with Crippen molar-refractivity contribution in [3.8, 4) is 0 Å². The second kappa shape index (κ2) is 11.0. The van der Waals surface area contributed by atoms with Gasteiger partial charge in [0.25, 0.3) is 0 Å². The average molecular weight is 433 g/mol. The molecule has 0 fully saturated rings. The molecule has 0 amide bonds. The van der Waals surface area contributed by atoms with Crippen LogP contribution >= 0.6 is 0 Å². The highest BCUT2D eigenvalue weighted by Gasteiger charge is 2.38. The molecule has 11 heteroatoms. The van der Waals surface area contributed by atoms with Crippen LogP contribution in [0.15, 0.2) is 30.6 Å². The van der Waals surface area contributed by atoms with Gasteiger partial charge in [-0.05, 0) is 24.1 Å². The van der Waals surface area contributed by atoms with Crippen LogP contribution in [0.5, 0.6) is 0 Å². The van der Waals surface area contributed by atoms with Crippen LogP contribution in [-0.4, -0.2) is 56.6 Å². The molecule has 2 N–H and O–H groups in total. The van der Waals surface area contributed by atoms with Gasteiger partial charge >= 0.3 is 12.1 Å². The molecule has 3 rings (SSSR count). The van der Waals surface area contributed by atoms with E-state index < -0.39 is 12.1 Å². The van der Waals surface area contributed by atoms with E-state index in [9.17, 15) is 17.6 Å². The molecule has 1 aromatic heterocycles. The van der Waals surface area contributed by atoms with E-state index in [-0.39, 0.29) is 12.4 Å². The second-order valence-electron chi connectivity index (χ2n) is 6.60. The van der Waals surface area contributed by atoms with Crippen LogP contribution < -0.4 is 0 Å². The molecule has 0 bridgehead atoms. The van der Waals surface area contributed by atoms with Crippen LogP contribution in [0.1, 0.15) is 23.4 Å². The Hall–Kier alpha value is -2.50. The minimum absolute atomic E-state index is 0.0206. The summed E-state index contributed by atoms with van der Waals surface area (Å²) in [5.74, 6) is -2.96. The third-order valence-electron chi connectivity index (χ3n) is 4.32. The maximum atomic E-state index is 13.0. The number of aliphatic hydroxyl groups is 1. The SMILES string of the molecule is O=C(O)C(F)(F)F.OCCOCc1ncn2c1CN(Cc1ccc(F)cc1)CCC2. The highest BCUT2D eigenvalue weighted by Crippen LogP contribution is 2.19. The second-order valence-corrected chi connectivity index (χ2v) is 6.60. The monoisotopic (exact) mass is 433 g/mol. The quantitative estimate of drug-likeness (QED) is 0.538. The standard InChI is InChI=1S/C17H22FN3O2.C2HF3O2/c18-15-4-2-14(3-5-15)10-20-6-1-7-21-13-19-16(17(21)11-20)12-23-9-8-22;3-2(4,5)1(6)7/h2-5,13,22H,1,6-12H2;(H,6,7). The Kier molecular flexibility index (Phi) is 8.75. The Balaban J connectivity index is 0.000000396. The molecule has 0 saturated carbocycles. The molecule has 0 spiro atoms. The molecular weight excluding hydrogens is 410 g/mol. The number of rotatable bonds is 6. The minimum Gasteiger partial charge on any atom is -0.475 e. The van der Waals surface area contributed by atoms with Gasteiger partial charge in [-0.25, -0.2) is 14.2 Å². The van der Waals surface area contributed by atoms with E-state index in [0.717, 1.165) is 43.9 Å². The van der Waals surface area contributed by atoms with Gasteiger partial charge in [0.15, 0.2) is 0 Å². The number of halogens is 4. The molecule has 0 saturated heterocycles. The summed E-state index contributed by atoms with van der Waals surface area (Å²) in [5, 5.41) is 15.9. The first kappa shape index (κ1) is 23.8. The van der Waals surface area contributed by atoms with E-state index >= 15 is 0 Å². The number of aryl methyl sites for hydroxylation is 1. The zero-order valence-corrected chi connectivity index (χ0v) is 16.1. The zero-order valence-electron chi connectivity index (χ0n) is 16.1. The van der Waals surface area contributed by atoms with E-state index in [1.165, 1.54) is 17.8 Å². The topological polar surface area (TPSA) is 87.8 Å². The van der Waals surface area contributed by atoms with Crippen LogP contribution in [0.2, 0.25) is 0 Å². The molecular formula is C19H23F4N3O4. The van der Waals surface area contributed by atoms with Crippen LogP contribution in [-0.2, 0) is 35.8 Å². The van der Waals surface area contributed by atoms with Gasteiger partial charge < -0.3 is 19.5 Å². The van der Waals surface area contributed by atoms with E-state index in [1.807, 2.05) is 18.5 Å². The summed E-state index contributed by atoms with van der Waals surface area (Å²) in [6, 6.07) is 6.68. The van der Waals surface area contributed by atoms with Crippen molar-refractivity contribution in [2.24, 2.45) is 0 Å². The molecule has 166 valence electrons. The molecule has 7 nitrogen and oxygen atoms in total. The first-order valence-corrected chi connectivity index (χ1v) is 9.19. The van der Waals surface area contributed by atoms with Gasteiger partial charge in [0.1, 0.15) is 5.82 Å². The lowest BCUT2D eigenvalue weighted by atomic mass is 10.2. The van der Waals surface area contributed by atoms with E-state index in [2.05, 4.69) is 14.5 Å². The van der Waals surface area contributed by atoms with Gasteiger partial charge in [-0.1, -0.05) is 12.1 Å². The lowest BCUT2D eigenvalue weighted by Crippen LogP contribution is -2.23. The normalized spacial score (nSPS) is 14.4. The number of carboxylic acid groups (broad SMARTS) is 1. The first-order chi connectivity index (χ1) is 14.2. The number of ether oxygens (including phenoxy) is 1. The number of benzene rings is 1. The summed E-state index contributed by atoms with van der Waals surface area (Å²) in [5.41, 5.74) is 3.21. The predicted molar refractivity (Wildman–Crippen MR) is 97.8 cm³/mol. The highest BCUT2D eigenvalue weighted by molar-refractivity contribution is 5.73. The highest BCUT2D eigenvalue weighted by atomic mass is 19.4. The van der Waals surface area contributed by atoms with Crippen LogP contribution in [0, 0.1) is 5.82 Å². The fourth-order valence-corrected chi connectivity index (χ4v) is 2.92. The molecule has 30 heavy (non-hydrogen) atoms. The number of fused-ring (bicyclic) bond motifs is 1. The molecule has 1 aliphatic rings. The first-order valence-electron chi connectivity index (χ1n) is 9.19. The Morgan fingerprint density at radius 3 is 2.47 bits per heavy atom. The van der Waals surface area contributed by atoms with Crippen molar-refractivity contribution in [2.75, 3.05) is 19.8 Å². The van der Waals surface area contributed by atoms with Gasteiger partial charge in [0.2, 0.25) is 0 Å². The molecule has 2 heterocycles. The maximum Gasteiger partial charge on any atom is 0.490 e. The fraction of sp³-hybridized carbons (Fsp3) is 0.474. The van der Waals surface area contributed by atoms with Crippen molar-refractivity contribution >= 4 is 5.97 Å². The Morgan fingerprint density at radius 2 is 1.87 bits per heavy atom. The van der Waals surface area contributed by atoms with Crippen LogP contribution in [0.4, 0.5) is 17.6 Å². The summed E-state index contributed by atoms with van der Waals surface area (Å²) in [7, 11) is 0. The number of nitrogens with zero attached hydrogens (tertiary/aromatic N) is 3. The van der Waals surface area contributed by atoms with Crippen molar-refractivity contribution in [1.82, 2.24) is 14.5 Å². The van der Waals surface area contributed by atoms with Gasteiger partial charge in [-0.2, -0.15) is 13.2 Å². The van der Waals surface area contributed by atoms with Gasteiger partial charge in [-0.15, -0.1) is 0 Å². The summed E-state index contributed by atoms with van der Waals surface area (Å²) in [6.07, 6.45) is -2.16. The largest absolute Gasteiger partial charge is 0.490 e. The molecule has 0 unspecified atom stereocenters. The van der Waals surface area contributed by atoms with E-state index in [4.69, 9.17) is 19.7 Å². The number of aliphatic carboxylic acids is 1. The van der Waals surface area contributed by atoms with Gasteiger partial charge in [0, 0.05) is 26.2 Å². The average Bonchev–Trinajstić information content (AvgIpc) is 2.93. The number of aliphatic hydroxyl groups excluding tert-OH is 1. The summed E-state index contributed by atoms with van der Waals surface area (Å²) in [4.78, 5) is 15.7. The number of imidazole rings is 1. The van der Waals surface area contributed by atoms with Gasteiger partial charge in [0.05, 0.1) is 37.5 Å². The van der Waals surface area contributed by atoms with Crippen LogP contribution in [0.25, 0.3) is 0 Å². The Bertz CT molecular complexity index is 809. The Labute approximate surface area is 170 Å². The molecule has 2 aromatic rings. The Morgan fingerprint density at radius 1 is 1.20 bits per heavy atom. The van der Waals surface area contributed by atoms with E-state index in [0.29, 0.717) is 13.2 Å². The molecule has 1 aromatic carbocycles. The number of carbonyl (C=O) groups is 1. The van der Waals surface area contributed by atoms with Crippen molar-refractivity contribution in [1.29, 1.82) is 0 Å². The summed E-state index contributed by atoms with van der Waals surface area (Å²) < 4.78 is 52.4. The molecule has 0 radical (unpaired) electrons. The third-order valence-corrected chi connectivity index (χ3v) is 4.32. The van der Waals surface area contributed by atoms with Gasteiger partial charge in [-0.3, -0.25) is 4.90 Å². The van der Waals surface area contributed by atoms with Crippen molar-refractivity contribution in [3.63, 3.8) is 0 Å². The predicted octanol–water partition coefficient (Wildman–Crippen LogP) is 2.57. The number of alkyl halides is 3. The number of carboxylic acids is 1. The lowest BCUT2D eigenvalue weighted by Gasteiger charge is -2.20. The fourth-order valence-electron chi connectivity index (χ4n) is 2.92. The van der Waals surface area contributed by atoms with Crippen molar-refractivity contribution in [2.45, 2.75) is 38.8 Å². The summed E-state index contributed by atoms with van der Waals surface area (Å²) >= 11 is 0. The maximum absolute atomic E-state index is 13.0. The zero-order chi connectivity index (χ0) is 22.1. The summed E-state index contributed by atoms with van der Waals surface area (Å²) in [6.45, 7) is 4.31. The molecule has 0 atom stereocenters. The minimum atomic E-state index is -5.08. The van der Waals surface area contributed by atoms with Crippen molar-refractivity contribution in [3.05, 3.63) is 53.4 Å². The molecule has 1 aliphatic heterocycles.